The molecule has 0 saturated carbocycles. The van der Waals surface area contributed by atoms with Gasteiger partial charge in [-0.3, -0.25) is 9.47 Å². The minimum Gasteiger partial charge on any atom is -0.364 e. The largest absolute Gasteiger partial charge is 0.364 e. The van der Waals surface area contributed by atoms with Crippen molar-refractivity contribution in [2.45, 2.75) is 6.92 Å². The first-order valence-corrected chi connectivity index (χ1v) is 2.86. The number of rotatable bonds is 1. The molecule has 1 heterocycles. The molecule has 0 aliphatic rings. The van der Waals surface area contributed by atoms with Crippen molar-refractivity contribution in [1.29, 1.82) is 0 Å². The van der Waals surface area contributed by atoms with Crippen LogP contribution in [0.5, 0.6) is 0 Å². The molecule has 0 aliphatic carbocycles. The number of aromatic nitrogens is 1. The molecule has 1 amide bonds. The maximum absolute atomic E-state index is 10.6. The minimum absolute atomic E-state index is 0.331. The van der Waals surface area contributed by atoms with Crippen molar-refractivity contribution in [2.75, 3.05) is 5.84 Å². The molecule has 4 N–H and O–H groups in total. The summed E-state index contributed by atoms with van der Waals surface area (Å²) in [6.07, 6.45) is 0. The maximum atomic E-state index is 10.6. The number of hydrogen-bond donors (Lipinski definition) is 2. The van der Waals surface area contributed by atoms with Crippen LogP contribution < -0.4 is 11.6 Å². The van der Waals surface area contributed by atoms with Gasteiger partial charge in [0.25, 0.3) is 5.91 Å². The average molecular weight is 139 g/mol. The molecule has 0 spiro atoms. The fourth-order valence-electron chi connectivity index (χ4n) is 0.751. The molecule has 0 saturated heterocycles. The van der Waals surface area contributed by atoms with E-state index in [4.69, 9.17) is 11.6 Å². The van der Waals surface area contributed by atoms with Gasteiger partial charge in [0.15, 0.2) is 0 Å². The summed E-state index contributed by atoms with van der Waals surface area (Å²) in [7, 11) is 0. The number of aryl methyl sites for hydroxylation is 1. The number of carbonyl (C=O) groups excluding carboxylic acids is 1. The van der Waals surface area contributed by atoms with E-state index in [1.165, 1.54) is 4.68 Å². The van der Waals surface area contributed by atoms with Crippen molar-refractivity contribution >= 4 is 5.91 Å². The molecule has 0 atom stereocenters. The van der Waals surface area contributed by atoms with Crippen LogP contribution >= 0.6 is 0 Å². The highest BCUT2D eigenvalue weighted by Crippen LogP contribution is 2.01. The van der Waals surface area contributed by atoms with Gasteiger partial charge in [0, 0.05) is 5.69 Å². The second kappa shape index (κ2) is 2.06. The van der Waals surface area contributed by atoms with Gasteiger partial charge in [-0.15, -0.1) is 0 Å². The molecule has 10 heavy (non-hydrogen) atoms. The van der Waals surface area contributed by atoms with Crippen LogP contribution in [-0.2, 0) is 0 Å². The summed E-state index contributed by atoms with van der Waals surface area (Å²) in [6, 6.07) is 3.33. The predicted molar refractivity (Wildman–Crippen MR) is 37.8 cm³/mol. The third-order valence-corrected chi connectivity index (χ3v) is 1.37. The van der Waals surface area contributed by atoms with E-state index in [-0.39, 0.29) is 0 Å². The van der Waals surface area contributed by atoms with Gasteiger partial charge in [0.2, 0.25) is 0 Å². The Morgan fingerprint density at radius 3 is 2.40 bits per heavy atom. The molecule has 54 valence electrons. The summed E-state index contributed by atoms with van der Waals surface area (Å²) in [6.45, 7) is 1.80. The number of amides is 1. The predicted octanol–water partition coefficient (Wildman–Crippen LogP) is -0.391. The van der Waals surface area contributed by atoms with Gasteiger partial charge >= 0.3 is 0 Å². The Hall–Kier alpha value is -1.45. The first kappa shape index (κ1) is 6.67. The van der Waals surface area contributed by atoms with Crippen molar-refractivity contribution < 1.29 is 4.79 Å². The quantitative estimate of drug-likeness (QED) is 0.520. The number of primary amides is 1. The van der Waals surface area contributed by atoms with Crippen molar-refractivity contribution in [3.63, 3.8) is 0 Å². The van der Waals surface area contributed by atoms with Gasteiger partial charge in [-0.25, -0.2) is 0 Å². The summed E-state index contributed by atoms with van der Waals surface area (Å²) in [5, 5.41) is 0. The van der Waals surface area contributed by atoms with E-state index in [1.54, 1.807) is 19.1 Å². The first-order valence-electron chi connectivity index (χ1n) is 2.86. The summed E-state index contributed by atoms with van der Waals surface area (Å²) in [5.74, 6) is 4.92. The molecular weight excluding hydrogens is 130 g/mol. The van der Waals surface area contributed by atoms with Crippen LogP contribution in [0, 0.1) is 6.92 Å². The van der Waals surface area contributed by atoms with E-state index in [9.17, 15) is 4.79 Å². The number of nitrogens with two attached hydrogens (primary N) is 2. The van der Waals surface area contributed by atoms with Gasteiger partial charge in [-0.2, -0.15) is 0 Å². The smallest absolute Gasteiger partial charge is 0.267 e. The van der Waals surface area contributed by atoms with Crippen molar-refractivity contribution in [3.05, 3.63) is 23.5 Å². The molecule has 1 aromatic heterocycles. The number of hydrogen-bond acceptors (Lipinski definition) is 2. The highest BCUT2D eigenvalue weighted by molar-refractivity contribution is 5.91. The third-order valence-electron chi connectivity index (χ3n) is 1.37. The van der Waals surface area contributed by atoms with E-state index in [0.29, 0.717) is 5.69 Å². The fraction of sp³-hybridized carbons (Fsp3) is 0.167. The Bertz CT molecular complexity index is 264. The van der Waals surface area contributed by atoms with E-state index in [0.717, 1.165) is 5.69 Å². The monoisotopic (exact) mass is 139 g/mol. The SMILES string of the molecule is Cc1ccc(C(N)=O)n1N. The van der Waals surface area contributed by atoms with E-state index < -0.39 is 5.91 Å². The van der Waals surface area contributed by atoms with Crippen LogP contribution in [0.15, 0.2) is 12.1 Å². The zero-order valence-corrected chi connectivity index (χ0v) is 5.66. The Balaban J connectivity index is 3.17. The topological polar surface area (TPSA) is 74.0 Å². The zero-order valence-electron chi connectivity index (χ0n) is 5.66. The first-order chi connectivity index (χ1) is 4.63. The maximum Gasteiger partial charge on any atom is 0.267 e. The highest BCUT2D eigenvalue weighted by Gasteiger charge is 2.05. The molecule has 4 heteroatoms. The lowest BCUT2D eigenvalue weighted by Gasteiger charge is -1.98. The van der Waals surface area contributed by atoms with Crippen LogP contribution in [0.2, 0.25) is 0 Å². The lowest BCUT2D eigenvalue weighted by molar-refractivity contribution is 0.0993. The molecule has 0 fully saturated rings. The number of nitrogens with zero attached hydrogens (tertiary/aromatic N) is 1. The lowest BCUT2D eigenvalue weighted by atomic mass is 10.4. The average Bonchev–Trinajstić information content (AvgIpc) is 2.14. The molecular formula is C6H9N3O. The summed E-state index contributed by atoms with van der Waals surface area (Å²) in [4.78, 5) is 10.6. The summed E-state index contributed by atoms with van der Waals surface area (Å²) in [5.41, 5.74) is 6.13. The van der Waals surface area contributed by atoms with E-state index >= 15 is 0 Å². The standard InChI is InChI=1S/C6H9N3O/c1-4-2-3-5(6(7)10)9(4)8/h2-3H,8H2,1H3,(H2,7,10). The zero-order chi connectivity index (χ0) is 7.72. The van der Waals surface area contributed by atoms with E-state index in [2.05, 4.69) is 0 Å². The van der Waals surface area contributed by atoms with Crippen LogP contribution in [-0.4, -0.2) is 10.6 Å². The molecule has 0 aliphatic heterocycles. The second-order valence-electron chi connectivity index (χ2n) is 2.09. The Morgan fingerprint density at radius 2 is 2.20 bits per heavy atom. The summed E-state index contributed by atoms with van der Waals surface area (Å²) < 4.78 is 1.27. The van der Waals surface area contributed by atoms with E-state index in [1.807, 2.05) is 0 Å². The van der Waals surface area contributed by atoms with Gasteiger partial charge in [-0.05, 0) is 19.1 Å². The highest BCUT2D eigenvalue weighted by atomic mass is 16.1. The molecule has 0 aromatic carbocycles. The van der Waals surface area contributed by atoms with Crippen LogP contribution in [0.3, 0.4) is 0 Å². The molecule has 0 radical (unpaired) electrons. The molecule has 1 aromatic rings. The Kier molecular flexibility index (Phi) is 1.37. The van der Waals surface area contributed by atoms with Crippen LogP contribution in [0.1, 0.15) is 16.2 Å². The van der Waals surface area contributed by atoms with Gasteiger partial charge in [0.05, 0.1) is 0 Å². The van der Waals surface area contributed by atoms with Gasteiger partial charge < -0.3 is 11.6 Å². The molecule has 4 nitrogen and oxygen atoms in total. The molecule has 0 unspecified atom stereocenters. The van der Waals surface area contributed by atoms with Crippen molar-refractivity contribution in [3.8, 4) is 0 Å². The van der Waals surface area contributed by atoms with Crippen LogP contribution in [0.25, 0.3) is 0 Å². The number of nitrogen functional groups attached to an aromatic ring is 1. The normalized spacial score (nSPS) is 9.70. The van der Waals surface area contributed by atoms with Crippen molar-refractivity contribution in [2.24, 2.45) is 5.73 Å². The third kappa shape index (κ3) is 0.834. The second-order valence-corrected chi connectivity index (χ2v) is 2.09. The molecule has 0 bridgehead atoms. The van der Waals surface area contributed by atoms with Gasteiger partial charge in [-0.1, -0.05) is 0 Å². The van der Waals surface area contributed by atoms with Crippen LogP contribution in [0.4, 0.5) is 0 Å². The molecule has 1 rings (SSSR count). The minimum atomic E-state index is -0.504. The summed E-state index contributed by atoms with van der Waals surface area (Å²) >= 11 is 0. The van der Waals surface area contributed by atoms with Gasteiger partial charge in [0.1, 0.15) is 5.69 Å². The van der Waals surface area contributed by atoms with Crippen molar-refractivity contribution in [1.82, 2.24) is 4.68 Å². The fourth-order valence-corrected chi connectivity index (χ4v) is 0.751. The lowest BCUT2D eigenvalue weighted by Crippen LogP contribution is -2.22. The Morgan fingerprint density at radius 1 is 1.60 bits per heavy atom. The Labute approximate surface area is 58.4 Å². The number of carbonyl (C=O) groups is 1.